The smallest absolute Gasteiger partial charge is 0.351 e. The standard InChI is InChI=1S/C18H26FN3O4S/c1-9(2)11-5-4-10(3)6-13(11)25-16(23)17-26-14(8-27-17)22-7-12(19)15(20)21-18(22)24/h7,9-11,13-14,17H,4-6,8H2,1-3H3,(H2,20,21,24). The molecule has 1 aliphatic carbocycles. The zero-order valence-electron chi connectivity index (χ0n) is 15.8. The third-order valence-corrected chi connectivity index (χ3v) is 6.42. The number of thioether (sulfide) groups is 1. The van der Waals surface area contributed by atoms with Gasteiger partial charge in [-0.25, -0.2) is 14.0 Å². The van der Waals surface area contributed by atoms with Crippen molar-refractivity contribution in [1.29, 1.82) is 0 Å². The molecule has 2 heterocycles. The van der Waals surface area contributed by atoms with Crippen LogP contribution in [0.4, 0.5) is 10.2 Å². The summed E-state index contributed by atoms with van der Waals surface area (Å²) in [4.78, 5) is 28.0. The Morgan fingerprint density at radius 1 is 1.48 bits per heavy atom. The number of halogens is 1. The van der Waals surface area contributed by atoms with E-state index in [4.69, 9.17) is 15.2 Å². The van der Waals surface area contributed by atoms with Gasteiger partial charge in [0.05, 0.1) is 6.20 Å². The van der Waals surface area contributed by atoms with Gasteiger partial charge in [-0.05, 0) is 30.6 Å². The molecule has 2 N–H and O–H groups in total. The molecule has 9 heteroatoms. The van der Waals surface area contributed by atoms with Crippen LogP contribution in [0.15, 0.2) is 11.0 Å². The van der Waals surface area contributed by atoms with Crippen molar-refractivity contribution in [2.24, 2.45) is 17.8 Å². The number of ether oxygens (including phenoxy) is 2. The fraction of sp³-hybridized carbons (Fsp3) is 0.722. The number of nitrogens with zero attached hydrogens (tertiary/aromatic N) is 2. The molecule has 1 saturated carbocycles. The largest absolute Gasteiger partial charge is 0.459 e. The fourth-order valence-electron chi connectivity index (χ4n) is 3.78. The van der Waals surface area contributed by atoms with Crippen LogP contribution in [0, 0.1) is 23.6 Å². The highest BCUT2D eigenvalue weighted by molar-refractivity contribution is 8.00. The molecular formula is C18H26FN3O4S. The quantitative estimate of drug-likeness (QED) is 0.777. The molecule has 1 aromatic heterocycles. The van der Waals surface area contributed by atoms with Crippen LogP contribution in [0.2, 0.25) is 0 Å². The molecular weight excluding hydrogens is 373 g/mol. The van der Waals surface area contributed by atoms with E-state index in [0.29, 0.717) is 23.5 Å². The number of hydrogen-bond acceptors (Lipinski definition) is 7. The van der Waals surface area contributed by atoms with Crippen molar-refractivity contribution < 1.29 is 18.7 Å². The van der Waals surface area contributed by atoms with Crippen molar-refractivity contribution in [3.8, 4) is 0 Å². The first-order valence-electron chi connectivity index (χ1n) is 9.28. The van der Waals surface area contributed by atoms with E-state index in [2.05, 4.69) is 25.8 Å². The molecule has 5 unspecified atom stereocenters. The summed E-state index contributed by atoms with van der Waals surface area (Å²) in [5.74, 6) is -0.0872. The molecule has 1 aromatic rings. The van der Waals surface area contributed by atoms with Crippen LogP contribution in [0.5, 0.6) is 0 Å². The van der Waals surface area contributed by atoms with Gasteiger partial charge in [0, 0.05) is 5.75 Å². The number of aromatic nitrogens is 2. The molecule has 0 bridgehead atoms. The molecule has 0 spiro atoms. The number of nitrogen functional groups attached to an aromatic ring is 1. The van der Waals surface area contributed by atoms with Gasteiger partial charge in [-0.3, -0.25) is 4.57 Å². The Morgan fingerprint density at radius 3 is 2.93 bits per heavy atom. The van der Waals surface area contributed by atoms with Crippen LogP contribution in [0.3, 0.4) is 0 Å². The van der Waals surface area contributed by atoms with Crippen molar-refractivity contribution in [1.82, 2.24) is 9.55 Å². The average Bonchev–Trinajstić information content (AvgIpc) is 3.08. The highest BCUT2D eigenvalue weighted by Crippen LogP contribution is 2.37. The minimum atomic E-state index is -0.840. The van der Waals surface area contributed by atoms with E-state index in [1.54, 1.807) is 0 Å². The molecule has 0 amide bonds. The van der Waals surface area contributed by atoms with Crippen LogP contribution in [0.1, 0.15) is 46.3 Å². The Balaban J connectivity index is 1.65. The third kappa shape index (κ3) is 4.45. The van der Waals surface area contributed by atoms with Gasteiger partial charge in [-0.15, -0.1) is 11.8 Å². The summed E-state index contributed by atoms with van der Waals surface area (Å²) < 4.78 is 26.1. The van der Waals surface area contributed by atoms with Gasteiger partial charge in [-0.1, -0.05) is 27.2 Å². The molecule has 0 radical (unpaired) electrons. The Hall–Kier alpha value is -1.61. The first-order valence-corrected chi connectivity index (χ1v) is 10.3. The number of carbonyl (C=O) groups excluding carboxylic acids is 1. The van der Waals surface area contributed by atoms with Crippen molar-refractivity contribution in [2.75, 3.05) is 11.5 Å². The molecule has 2 aliphatic rings. The zero-order chi connectivity index (χ0) is 19.7. The predicted molar refractivity (Wildman–Crippen MR) is 100 cm³/mol. The molecule has 150 valence electrons. The van der Waals surface area contributed by atoms with E-state index in [-0.39, 0.29) is 6.10 Å². The first kappa shape index (κ1) is 20.1. The monoisotopic (exact) mass is 399 g/mol. The molecule has 7 nitrogen and oxygen atoms in total. The van der Waals surface area contributed by atoms with E-state index < -0.39 is 35.0 Å². The van der Waals surface area contributed by atoms with Gasteiger partial charge in [0.2, 0.25) is 5.44 Å². The SMILES string of the molecule is CC1CCC(C(C)C)C(OC(=O)C2OC(n3cc(F)c(N)nc3=O)CS2)C1. The number of nitrogens with two attached hydrogens (primary N) is 1. The van der Waals surface area contributed by atoms with Crippen LogP contribution in [-0.4, -0.2) is 32.8 Å². The maximum absolute atomic E-state index is 13.6. The highest BCUT2D eigenvalue weighted by Gasteiger charge is 2.39. The van der Waals surface area contributed by atoms with E-state index in [9.17, 15) is 14.0 Å². The molecule has 27 heavy (non-hydrogen) atoms. The normalized spacial score (nSPS) is 31.2. The van der Waals surface area contributed by atoms with Crippen molar-refractivity contribution in [3.05, 3.63) is 22.5 Å². The molecule has 0 aromatic carbocycles. The summed E-state index contributed by atoms with van der Waals surface area (Å²) >= 11 is 1.23. The summed E-state index contributed by atoms with van der Waals surface area (Å²) in [6.07, 6.45) is 3.09. The molecule has 3 rings (SSSR count). The summed E-state index contributed by atoms with van der Waals surface area (Å²) in [5.41, 5.74) is 3.74. The van der Waals surface area contributed by atoms with E-state index in [0.717, 1.165) is 30.0 Å². The minimum absolute atomic E-state index is 0.122. The second-order valence-corrected chi connectivity index (χ2v) is 8.82. The lowest BCUT2D eigenvalue weighted by molar-refractivity contribution is -0.166. The van der Waals surface area contributed by atoms with Crippen molar-refractivity contribution in [3.63, 3.8) is 0 Å². The number of esters is 1. The maximum atomic E-state index is 13.6. The van der Waals surface area contributed by atoms with Gasteiger partial charge >= 0.3 is 11.7 Å². The molecule has 2 fully saturated rings. The van der Waals surface area contributed by atoms with Crippen LogP contribution >= 0.6 is 11.8 Å². The van der Waals surface area contributed by atoms with E-state index in [1.807, 2.05) is 0 Å². The molecule has 1 aliphatic heterocycles. The van der Waals surface area contributed by atoms with Gasteiger partial charge in [0.25, 0.3) is 0 Å². The second-order valence-electron chi connectivity index (χ2n) is 7.72. The lowest BCUT2D eigenvalue weighted by Crippen LogP contribution is -2.38. The maximum Gasteiger partial charge on any atom is 0.351 e. The highest BCUT2D eigenvalue weighted by atomic mass is 32.2. The van der Waals surface area contributed by atoms with E-state index >= 15 is 0 Å². The Bertz CT molecular complexity index is 757. The lowest BCUT2D eigenvalue weighted by atomic mass is 9.75. The summed E-state index contributed by atoms with van der Waals surface area (Å²) in [7, 11) is 0. The van der Waals surface area contributed by atoms with Crippen LogP contribution in [-0.2, 0) is 14.3 Å². The summed E-state index contributed by atoms with van der Waals surface area (Å²) in [6.45, 7) is 6.46. The number of carbonyl (C=O) groups is 1. The topological polar surface area (TPSA) is 96.4 Å². The number of hydrogen-bond donors (Lipinski definition) is 1. The van der Waals surface area contributed by atoms with Gasteiger partial charge < -0.3 is 15.2 Å². The lowest BCUT2D eigenvalue weighted by Gasteiger charge is -2.37. The minimum Gasteiger partial charge on any atom is -0.459 e. The Morgan fingerprint density at radius 2 is 2.22 bits per heavy atom. The second kappa shape index (κ2) is 8.18. The molecule has 1 saturated heterocycles. The summed E-state index contributed by atoms with van der Waals surface area (Å²) in [5, 5.41) is 0. The summed E-state index contributed by atoms with van der Waals surface area (Å²) in [6, 6.07) is 0. The Kier molecular flexibility index (Phi) is 6.10. The van der Waals surface area contributed by atoms with Crippen molar-refractivity contribution in [2.45, 2.75) is 57.8 Å². The predicted octanol–water partition coefficient (Wildman–Crippen LogP) is 2.56. The zero-order valence-corrected chi connectivity index (χ0v) is 16.6. The van der Waals surface area contributed by atoms with Gasteiger partial charge in [-0.2, -0.15) is 4.98 Å². The van der Waals surface area contributed by atoms with E-state index in [1.165, 1.54) is 11.8 Å². The Labute approximate surface area is 161 Å². The van der Waals surface area contributed by atoms with Gasteiger partial charge in [0.1, 0.15) is 12.3 Å². The van der Waals surface area contributed by atoms with Crippen LogP contribution in [0.25, 0.3) is 0 Å². The first-order chi connectivity index (χ1) is 12.8. The van der Waals surface area contributed by atoms with Crippen LogP contribution < -0.4 is 11.4 Å². The number of rotatable bonds is 4. The third-order valence-electron chi connectivity index (χ3n) is 5.34. The molecule has 5 atom stereocenters. The van der Waals surface area contributed by atoms with Gasteiger partial charge in [0.15, 0.2) is 11.6 Å². The fourth-order valence-corrected chi connectivity index (χ4v) is 4.76. The number of anilines is 1. The van der Waals surface area contributed by atoms with Crippen molar-refractivity contribution >= 4 is 23.5 Å². The average molecular weight is 399 g/mol.